The number of aliphatic hydroxyl groups is 1. The SMILES string of the molecule is N[C@H](c1ccc(Cl)cc1)[C@@H](O)c1ccccc1. The van der Waals surface area contributed by atoms with Crippen LogP contribution in [-0.2, 0) is 0 Å². The Bertz CT molecular complexity index is 469. The molecule has 88 valence electrons. The minimum atomic E-state index is -0.711. The maximum Gasteiger partial charge on any atom is 0.0982 e. The Kier molecular flexibility index (Phi) is 3.79. The number of nitrogens with two attached hydrogens (primary N) is 1. The second-order valence-electron chi connectivity index (χ2n) is 3.93. The van der Waals surface area contributed by atoms with E-state index in [1.54, 1.807) is 12.1 Å². The van der Waals surface area contributed by atoms with E-state index in [0.717, 1.165) is 11.1 Å². The van der Waals surface area contributed by atoms with Crippen molar-refractivity contribution >= 4 is 11.6 Å². The van der Waals surface area contributed by atoms with Crippen LogP contribution < -0.4 is 5.73 Å². The normalized spacial score (nSPS) is 14.3. The van der Waals surface area contributed by atoms with E-state index < -0.39 is 12.1 Å². The van der Waals surface area contributed by atoms with Gasteiger partial charge in [-0.2, -0.15) is 0 Å². The van der Waals surface area contributed by atoms with Gasteiger partial charge in [-0.3, -0.25) is 0 Å². The lowest BCUT2D eigenvalue weighted by Crippen LogP contribution is -2.19. The first-order chi connectivity index (χ1) is 8.18. The molecule has 0 amide bonds. The number of hydrogen-bond donors (Lipinski definition) is 2. The molecule has 0 aliphatic heterocycles. The lowest BCUT2D eigenvalue weighted by molar-refractivity contribution is 0.147. The summed E-state index contributed by atoms with van der Waals surface area (Å²) in [7, 11) is 0. The zero-order valence-corrected chi connectivity index (χ0v) is 10.0. The Balaban J connectivity index is 2.20. The van der Waals surface area contributed by atoms with E-state index in [9.17, 15) is 5.11 Å². The molecule has 0 unspecified atom stereocenters. The van der Waals surface area contributed by atoms with Crippen molar-refractivity contribution in [2.75, 3.05) is 0 Å². The predicted octanol–water partition coefficient (Wildman–Crippen LogP) is 3.07. The van der Waals surface area contributed by atoms with Gasteiger partial charge in [0.05, 0.1) is 12.1 Å². The summed E-state index contributed by atoms with van der Waals surface area (Å²) < 4.78 is 0. The van der Waals surface area contributed by atoms with E-state index in [-0.39, 0.29) is 0 Å². The van der Waals surface area contributed by atoms with Crippen LogP contribution in [0.3, 0.4) is 0 Å². The van der Waals surface area contributed by atoms with Gasteiger partial charge in [-0.1, -0.05) is 54.1 Å². The molecule has 2 atom stereocenters. The highest BCUT2D eigenvalue weighted by molar-refractivity contribution is 6.30. The molecule has 0 radical (unpaired) electrons. The second-order valence-corrected chi connectivity index (χ2v) is 4.37. The molecule has 0 fully saturated rings. The van der Waals surface area contributed by atoms with Crippen molar-refractivity contribution in [3.63, 3.8) is 0 Å². The van der Waals surface area contributed by atoms with E-state index in [2.05, 4.69) is 0 Å². The van der Waals surface area contributed by atoms with Gasteiger partial charge in [0.25, 0.3) is 0 Å². The summed E-state index contributed by atoms with van der Waals surface area (Å²) in [5.41, 5.74) is 7.71. The molecule has 2 rings (SSSR count). The number of rotatable bonds is 3. The van der Waals surface area contributed by atoms with Gasteiger partial charge >= 0.3 is 0 Å². The van der Waals surface area contributed by atoms with Gasteiger partial charge in [-0.25, -0.2) is 0 Å². The zero-order chi connectivity index (χ0) is 12.3. The van der Waals surface area contributed by atoms with Crippen molar-refractivity contribution in [3.8, 4) is 0 Å². The summed E-state index contributed by atoms with van der Waals surface area (Å²) >= 11 is 5.81. The molecule has 0 saturated carbocycles. The monoisotopic (exact) mass is 247 g/mol. The van der Waals surface area contributed by atoms with E-state index in [1.165, 1.54) is 0 Å². The van der Waals surface area contributed by atoms with Crippen LogP contribution in [0.1, 0.15) is 23.3 Å². The van der Waals surface area contributed by atoms with Crippen LogP contribution >= 0.6 is 11.6 Å². The van der Waals surface area contributed by atoms with Crippen LogP contribution in [0.4, 0.5) is 0 Å². The van der Waals surface area contributed by atoms with Crippen molar-refractivity contribution in [3.05, 3.63) is 70.7 Å². The van der Waals surface area contributed by atoms with Crippen molar-refractivity contribution < 1.29 is 5.11 Å². The Morgan fingerprint density at radius 2 is 1.47 bits per heavy atom. The third-order valence-electron chi connectivity index (χ3n) is 2.74. The molecule has 0 spiro atoms. The Morgan fingerprint density at radius 1 is 0.882 bits per heavy atom. The highest BCUT2D eigenvalue weighted by Gasteiger charge is 2.18. The maximum atomic E-state index is 10.2. The van der Waals surface area contributed by atoms with Crippen molar-refractivity contribution in [2.24, 2.45) is 5.73 Å². The molecule has 3 heteroatoms. The predicted molar refractivity (Wildman–Crippen MR) is 69.8 cm³/mol. The van der Waals surface area contributed by atoms with Crippen molar-refractivity contribution in [2.45, 2.75) is 12.1 Å². The number of aliphatic hydroxyl groups excluding tert-OH is 1. The lowest BCUT2D eigenvalue weighted by atomic mass is 9.97. The average molecular weight is 248 g/mol. The standard InChI is InChI=1S/C14H14ClNO/c15-12-8-6-10(7-9-12)13(16)14(17)11-4-2-1-3-5-11/h1-9,13-14,17H,16H2/t13-,14+/m1/s1. The third kappa shape index (κ3) is 2.86. The topological polar surface area (TPSA) is 46.2 Å². The van der Waals surface area contributed by atoms with Crippen molar-refractivity contribution in [1.82, 2.24) is 0 Å². The van der Waals surface area contributed by atoms with Crippen LogP contribution in [0.25, 0.3) is 0 Å². The first-order valence-corrected chi connectivity index (χ1v) is 5.80. The molecule has 3 N–H and O–H groups in total. The van der Waals surface area contributed by atoms with E-state index in [0.29, 0.717) is 5.02 Å². The molecule has 2 aromatic carbocycles. The van der Waals surface area contributed by atoms with Gasteiger partial charge in [0.2, 0.25) is 0 Å². The summed E-state index contributed by atoms with van der Waals surface area (Å²) in [6, 6.07) is 16.2. The van der Waals surface area contributed by atoms with E-state index >= 15 is 0 Å². The van der Waals surface area contributed by atoms with Gasteiger partial charge < -0.3 is 10.8 Å². The molecular formula is C14H14ClNO. The average Bonchev–Trinajstić information content (AvgIpc) is 2.39. The van der Waals surface area contributed by atoms with Gasteiger partial charge in [0.15, 0.2) is 0 Å². The van der Waals surface area contributed by atoms with Crippen LogP contribution in [0.15, 0.2) is 54.6 Å². The fourth-order valence-corrected chi connectivity index (χ4v) is 1.85. The number of hydrogen-bond acceptors (Lipinski definition) is 2. The smallest absolute Gasteiger partial charge is 0.0982 e. The summed E-state index contributed by atoms with van der Waals surface area (Å²) in [4.78, 5) is 0. The molecule has 0 aromatic heterocycles. The highest BCUT2D eigenvalue weighted by atomic mass is 35.5. The highest BCUT2D eigenvalue weighted by Crippen LogP contribution is 2.27. The maximum absolute atomic E-state index is 10.2. The zero-order valence-electron chi connectivity index (χ0n) is 9.25. The third-order valence-corrected chi connectivity index (χ3v) is 2.99. The minimum absolute atomic E-state index is 0.449. The first-order valence-electron chi connectivity index (χ1n) is 5.42. The largest absolute Gasteiger partial charge is 0.386 e. The minimum Gasteiger partial charge on any atom is -0.386 e. The fourth-order valence-electron chi connectivity index (χ4n) is 1.72. The Morgan fingerprint density at radius 3 is 2.06 bits per heavy atom. The van der Waals surface area contributed by atoms with Crippen LogP contribution in [-0.4, -0.2) is 5.11 Å². The fraction of sp³-hybridized carbons (Fsp3) is 0.143. The molecule has 0 heterocycles. The molecular weight excluding hydrogens is 234 g/mol. The lowest BCUT2D eigenvalue weighted by Gasteiger charge is -2.19. The Labute approximate surface area is 106 Å². The first kappa shape index (κ1) is 12.1. The van der Waals surface area contributed by atoms with Crippen LogP contribution in [0, 0.1) is 0 Å². The van der Waals surface area contributed by atoms with Gasteiger partial charge in [-0.05, 0) is 23.3 Å². The molecule has 2 aromatic rings. The van der Waals surface area contributed by atoms with E-state index in [1.807, 2.05) is 42.5 Å². The van der Waals surface area contributed by atoms with Gasteiger partial charge in [-0.15, -0.1) is 0 Å². The quantitative estimate of drug-likeness (QED) is 0.876. The molecule has 17 heavy (non-hydrogen) atoms. The summed E-state index contributed by atoms with van der Waals surface area (Å²) in [5, 5.41) is 10.8. The molecule has 0 saturated heterocycles. The summed E-state index contributed by atoms with van der Waals surface area (Å²) in [6.07, 6.45) is -0.711. The van der Waals surface area contributed by atoms with Gasteiger partial charge in [0.1, 0.15) is 0 Å². The molecule has 0 bridgehead atoms. The summed E-state index contributed by atoms with van der Waals surface area (Å²) in [6.45, 7) is 0. The number of halogens is 1. The second kappa shape index (κ2) is 5.32. The van der Waals surface area contributed by atoms with E-state index in [4.69, 9.17) is 17.3 Å². The Hall–Kier alpha value is -1.35. The summed E-state index contributed by atoms with van der Waals surface area (Å²) in [5.74, 6) is 0. The van der Waals surface area contributed by atoms with Crippen LogP contribution in [0.5, 0.6) is 0 Å². The molecule has 0 aliphatic rings. The number of benzene rings is 2. The van der Waals surface area contributed by atoms with Crippen molar-refractivity contribution in [1.29, 1.82) is 0 Å². The molecule has 0 aliphatic carbocycles. The molecule has 2 nitrogen and oxygen atoms in total. The van der Waals surface area contributed by atoms with Crippen LogP contribution in [0.2, 0.25) is 5.02 Å². The van der Waals surface area contributed by atoms with Gasteiger partial charge in [0, 0.05) is 5.02 Å².